The standard InChI is InChI=1S/C21H14F3N5O2/c1-11-15(19(30)27-14-10-6-5-9-13(14)25)20(31)29-18(26-11)16(12-7-3-2-4-8-12)17(28-29)21(22,23)24/h2-4,6-8,10,26H,25H2,1H3,(H,27,30). The lowest BCUT2D eigenvalue weighted by atomic mass is 10.1. The molecule has 0 fully saturated rings. The van der Waals surface area contributed by atoms with Gasteiger partial charge < -0.3 is 16.0 Å². The first-order valence-electron chi connectivity index (χ1n) is 8.96. The Hall–Kier alpha value is -4.26. The fraction of sp³-hybridized carbons (Fsp3) is 0.0952. The van der Waals surface area contributed by atoms with E-state index in [1.807, 2.05) is 0 Å². The Morgan fingerprint density at radius 2 is 1.94 bits per heavy atom. The fourth-order valence-corrected chi connectivity index (χ4v) is 3.23. The van der Waals surface area contributed by atoms with E-state index >= 15 is 0 Å². The van der Waals surface area contributed by atoms with Crippen LogP contribution in [0.3, 0.4) is 0 Å². The Labute approximate surface area is 173 Å². The van der Waals surface area contributed by atoms with Gasteiger partial charge in [0.1, 0.15) is 16.9 Å². The summed E-state index contributed by atoms with van der Waals surface area (Å²) in [7, 11) is 0. The van der Waals surface area contributed by atoms with E-state index in [4.69, 9.17) is 5.73 Å². The highest BCUT2D eigenvalue weighted by Crippen LogP contribution is 2.38. The second-order valence-corrected chi connectivity index (χ2v) is 6.66. The molecular weight excluding hydrogens is 411 g/mol. The Bertz CT molecular complexity index is 1360. The molecule has 0 spiro atoms. The SMILES string of the molecule is Cc1[nH]c2c(-c3ccccc3)c(C(F)(F)F)nn2c(=O)c1C(=O)Nc1ccc#cc1N. The van der Waals surface area contributed by atoms with Crippen LogP contribution in [0.2, 0.25) is 0 Å². The number of nitrogen functional groups attached to an aromatic ring is 1. The number of rotatable bonds is 3. The predicted octanol–water partition coefficient (Wildman–Crippen LogP) is 3.45. The molecule has 1 amide bonds. The summed E-state index contributed by atoms with van der Waals surface area (Å²) in [5.74, 6) is -0.850. The van der Waals surface area contributed by atoms with Gasteiger partial charge in [0.25, 0.3) is 11.5 Å². The first-order valence-corrected chi connectivity index (χ1v) is 8.96. The molecule has 31 heavy (non-hydrogen) atoms. The molecule has 0 radical (unpaired) electrons. The number of hydrogen-bond acceptors (Lipinski definition) is 4. The third-order valence-corrected chi connectivity index (χ3v) is 4.61. The molecule has 4 rings (SSSR count). The van der Waals surface area contributed by atoms with Crippen LogP contribution in [0.4, 0.5) is 24.5 Å². The number of aromatic nitrogens is 3. The number of nitrogens with one attached hydrogen (secondary N) is 2. The summed E-state index contributed by atoms with van der Waals surface area (Å²) in [6.07, 6.45) is -4.82. The number of anilines is 2. The second kappa shape index (κ2) is 7.21. The number of nitrogens with two attached hydrogens (primary N) is 1. The third-order valence-electron chi connectivity index (χ3n) is 4.61. The van der Waals surface area contributed by atoms with E-state index in [0.29, 0.717) is 4.52 Å². The van der Waals surface area contributed by atoms with E-state index < -0.39 is 28.9 Å². The largest absolute Gasteiger partial charge is 0.435 e. The number of halogens is 3. The fourth-order valence-electron chi connectivity index (χ4n) is 3.23. The summed E-state index contributed by atoms with van der Waals surface area (Å²) >= 11 is 0. The minimum atomic E-state index is -4.82. The molecule has 0 bridgehead atoms. The number of aromatic amines is 1. The van der Waals surface area contributed by atoms with Crippen molar-refractivity contribution in [1.82, 2.24) is 14.6 Å². The molecule has 2 heterocycles. The lowest BCUT2D eigenvalue weighted by Gasteiger charge is -2.09. The normalized spacial score (nSPS) is 11.4. The average molecular weight is 425 g/mol. The van der Waals surface area contributed by atoms with Gasteiger partial charge in [0.05, 0.1) is 11.3 Å². The maximum absolute atomic E-state index is 13.7. The first-order chi connectivity index (χ1) is 14.7. The molecule has 10 heteroatoms. The van der Waals surface area contributed by atoms with Crippen LogP contribution in [-0.2, 0) is 6.18 Å². The minimum Gasteiger partial charge on any atom is -0.390 e. The molecule has 156 valence electrons. The molecule has 2 aromatic carbocycles. The zero-order valence-electron chi connectivity index (χ0n) is 16.0. The van der Waals surface area contributed by atoms with Crippen LogP contribution < -0.4 is 16.6 Å². The van der Waals surface area contributed by atoms with Gasteiger partial charge >= 0.3 is 6.18 Å². The zero-order chi connectivity index (χ0) is 22.3. The number of carbonyl (C=O) groups is 1. The summed E-state index contributed by atoms with van der Waals surface area (Å²) in [6, 6.07) is 15.9. The lowest BCUT2D eigenvalue weighted by Crippen LogP contribution is -2.29. The van der Waals surface area contributed by atoms with Crippen molar-refractivity contribution in [3.63, 3.8) is 0 Å². The van der Waals surface area contributed by atoms with Crippen LogP contribution in [0, 0.1) is 19.1 Å². The van der Waals surface area contributed by atoms with Gasteiger partial charge in [-0.25, -0.2) is 0 Å². The number of alkyl halides is 3. The highest BCUT2D eigenvalue weighted by Gasteiger charge is 2.39. The van der Waals surface area contributed by atoms with Crippen molar-refractivity contribution in [2.24, 2.45) is 0 Å². The van der Waals surface area contributed by atoms with E-state index in [0.717, 1.165) is 0 Å². The predicted molar refractivity (Wildman–Crippen MR) is 107 cm³/mol. The smallest absolute Gasteiger partial charge is 0.390 e. The van der Waals surface area contributed by atoms with Crippen LogP contribution in [0.1, 0.15) is 21.7 Å². The van der Waals surface area contributed by atoms with Crippen LogP contribution >= 0.6 is 0 Å². The summed E-state index contributed by atoms with van der Waals surface area (Å²) in [6.45, 7) is 1.42. The van der Waals surface area contributed by atoms with E-state index in [-0.39, 0.29) is 33.8 Å². The third kappa shape index (κ3) is 3.46. The monoisotopic (exact) mass is 425 g/mol. The van der Waals surface area contributed by atoms with Crippen LogP contribution in [0.5, 0.6) is 0 Å². The van der Waals surface area contributed by atoms with Crippen LogP contribution in [0.25, 0.3) is 16.8 Å². The van der Waals surface area contributed by atoms with Gasteiger partial charge in [-0.15, -0.1) is 0 Å². The zero-order valence-corrected chi connectivity index (χ0v) is 16.0. The van der Waals surface area contributed by atoms with Crippen molar-refractivity contribution in [2.45, 2.75) is 13.1 Å². The van der Waals surface area contributed by atoms with Crippen molar-refractivity contribution in [3.05, 3.63) is 81.9 Å². The van der Waals surface area contributed by atoms with E-state index in [9.17, 15) is 22.8 Å². The van der Waals surface area contributed by atoms with Gasteiger partial charge in [-0.2, -0.15) is 22.8 Å². The maximum Gasteiger partial charge on any atom is 0.435 e. The second-order valence-electron chi connectivity index (χ2n) is 6.66. The molecule has 7 nitrogen and oxygen atoms in total. The number of hydrogen-bond donors (Lipinski definition) is 3. The van der Waals surface area contributed by atoms with Crippen LogP contribution in [-0.4, -0.2) is 20.5 Å². The van der Waals surface area contributed by atoms with Gasteiger partial charge in [0.15, 0.2) is 5.69 Å². The molecule has 0 saturated carbocycles. The van der Waals surface area contributed by atoms with Crippen molar-refractivity contribution < 1.29 is 18.0 Å². The number of H-pyrrole nitrogens is 1. The Balaban J connectivity index is 1.93. The highest BCUT2D eigenvalue weighted by molar-refractivity contribution is 6.06. The Morgan fingerprint density at radius 3 is 2.58 bits per heavy atom. The molecule has 0 aliphatic rings. The number of benzene rings is 1. The topological polar surface area (TPSA) is 105 Å². The molecule has 0 aliphatic carbocycles. The molecule has 4 aromatic rings. The molecule has 0 aliphatic heterocycles. The van der Waals surface area contributed by atoms with E-state index in [1.165, 1.54) is 31.2 Å². The van der Waals surface area contributed by atoms with Gasteiger partial charge in [-0.05, 0) is 30.7 Å². The summed E-state index contributed by atoms with van der Waals surface area (Å²) in [5, 5.41) is 5.96. The maximum atomic E-state index is 13.7. The summed E-state index contributed by atoms with van der Waals surface area (Å²) in [5.41, 5.74) is 3.22. The number of nitrogens with zero attached hydrogens (tertiary/aromatic N) is 2. The van der Waals surface area contributed by atoms with Crippen LogP contribution in [0.15, 0.2) is 47.3 Å². The average Bonchev–Trinajstić information content (AvgIpc) is 3.10. The number of aryl methyl sites for hydroxylation is 1. The van der Waals surface area contributed by atoms with Crippen molar-refractivity contribution in [3.8, 4) is 11.1 Å². The number of fused-ring (bicyclic) bond motifs is 1. The quantitative estimate of drug-likeness (QED) is 0.468. The van der Waals surface area contributed by atoms with Gasteiger partial charge in [-0.1, -0.05) is 36.4 Å². The van der Waals surface area contributed by atoms with E-state index in [2.05, 4.69) is 27.5 Å². The van der Waals surface area contributed by atoms with Crippen molar-refractivity contribution in [2.75, 3.05) is 11.1 Å². The lowest BCUT2D eigenvalue weighted by molar-refractivity contribution is -0.140. The Morgan fingerprint density at radius 1 is 1.23 bits per heavy atom. The molecule has 0 saturated heterocycles. The molecule has 0 unspecified atom stereocenters. The summed E-state index contributed by atoms with van der Waals surface area (Å²) < 4.78 is 41.7. The summed E-state index contributed by atoms with van der Waals surface area (Å²) in [4.78, 5) is 28.5. The van der Waals surface area contributed by atoms with Crippen molar-refractivity contribution >= 4 is 22.9 Å². The number of amides is 1. The molecule has 0 atom stereocenters. The highest BCUT2D eigenvalue weighted by atomic mass is 19.4. The molecule has 4 N–H and O–H groups in total. The Kier molecular flexibility index (Phi) is 4.66. The van der Waals surface area contributed by atoms with Gasteiger partial charge in [0, 0.05) is 5.69 Å². The molecular formula is C21H14F3N5O2. The van der Waals surface area contributed by atoms with Gasteiger partial charge in [0.2, 0.25) is 0 Å². The minimum absolute atomic E-state index is 0.0749. The number of carbonyl (C=O) groups excluding carboxylic acids is 1. The first kappa shape index (κ1) is 20.0. The van der Waals surface area contributed by atoms with Gasteiger partial charge in [-0.3, -0.25) is 9.59 Å². The van der Waals surface area contributed by atoms with Crippen molar-refractivity contribution in [1.29, 1.82) is 0 Å². The van der Waals surface area contributed by atoms with E-state index in [1.54, 1.807) is 18.2 Å². The molecule has 2 aromatic heterocycles.